The molecule has 2 aromatic rings. The molecule has 0 aliphatic heterocycles. The summed E-state index contributed by atoms with van der Waals surface area (Å²) in [7, 11) is 0. The topological polar surface area (TPSA) is 55.1 Å². The first-order valence-corrected chi connectivity index (χ1v) is 5.19. The molecule has 0 saturated heterocycles. The molecular formula is C12H10F2N2O2. The van der Waals surface area contributed by atoms with Gasteiger partial charge in [0.2, 0.25) is 0 Å². The van der Waals surface area contributed by atoms with E-state index in [1.807, 2.05) is 0 Å². The number of halogens is 2. The predicted molar refractivity (Wildman–Crippen MR) is 59.4 cm³/mol. The molecule has 1 heterocycles. The summed E-state index contributed by atoms with van der Waals surface area (Å²) in [5.41, 5.74) is 0.0229. The number of carboxylic acids is 1. The minimum atomic E-state index is -1.16. The average molecular weight is 252 g/mol. The number of aromatic carboxylic acids is 1. The number of hydrogen-bond acceptors (Lipinski definition) is 2. The van der Waals surface area contributed by atoms with E-state index in [9.17, 15) is 13.6 Å². The van der Waals surface area contributed by atoms with Gasteiger partial charge in [-0.15, -0.1) is 0 Å². The van der Waals surface area contributed by atoms with E-state index in [0.29, 0.717) is 5.82 Å². The Morgan fingerprint density at radius 2 is 2.17 bits per heavy atom. The summed E-state index contributed by atoms with van der Waals surface area (Å²) in [6.45, 7) is 1.53. The number of carbonyl (C=O) groups is 1. The van der Waals surface area contributed by atoms with Gasteiger partial charge in [-0.05, 0) is 13.0 Å². The number of hydrogen-bond donors (Lipinski definition) is 1. The second-order valence-electron chi connectivity index (χ2n) is 3.79. The molecule has 0 amide bonds. The molecule has 0 saturated carbocycles. The summed E-state index contributed by atoms with van der Waals surface area (Å²) in [6.07, 6.45) is 1.19. The van der Waals surface area contributed by atoms with Gasteiger partial charge in [-0.2, -0.15) is 0 Å². The monoisotopic (exact) mass is 252 g/mol. The van der Waals surface area contributed by atoms with Gasteiger partial charge in [0.1, 0.15) is 11.5 Å². The first kappa shape index (κ1) is 12.2. The first-order chi connectivity index (χ1) is 8.50. The van der Waals surface area contributed by atoms with Crippen LogP contribution in [0, 0.1) is 18.6 Å². The van der Waals surface area contributed by atoms with Crippen molar-refractivity contribution in [2.24, 2.45) is 0 Å². The SMILES string of the molecule is Cc1ncc(C(=O)O)n1Cc1cccc(F)c1F. The fourth-order valence-corrected chi connectivity index (χ4v) is 1.68. The summed E-state index contributed by atoms with van der Waals surface area (Å²) >= 11 is 0. The van der Waals surface area contributed by atoms with E-state index in [1.165, 1.54) is 22.9 Å². The Morgan fingerprint density at radius 3 is 2.83 bits per heavy atom. The van der Waals surface area contributed by atoms with Crippen LogP contribution in [0.15, 0.2) is 24.4 Å². The normalized spacial score (nSPS) is 10.6. The predicted octanol–water partition coefficient (Wildman–Crippen LogP) is 2.22. The summed E-state index contributed by atoms with van der Waals surface area (Å²) in [6, 6.07) is 3.79. The van der Waals surface area contributed by atoms with Gasteiger partial charge in [0.15, 0.2) is 11.6 Å². The smallest absolute Gasteiger partial charge is 0.354 e. The molecule has 18 heavy (non-hydrogen) atoms. The molecule has 0 spiro atoms. The maximum absolute atomic E-state index is 13.5. The van der Waals surface area contributed by atoms with Gasteiger partial charge in [-0.1, -0.05) is 12.1 Å². The number of imidazole rings is 1. The van der Waals surface area contributed by atoms with E-state index in [1.54, 1.807) is 6.92 Å². The molecule has 0 atom stereocenters. The van der Waals surface area contributed by atoms with Crippen molar-refractivity contribution < 1.29 is 18.7 Å². The Balaban J connectivity index is 2.43. The Morgan fingerprint density at radius 1 is 1.44 bits per heavy atom. The van der Waals surface area contributed by atoms with Crippen LogP contribution in [-0.2, 0) is 6.54 Å². The molecule has 4 nitrogen and oxygen atoms in total. The van der Waals surface area contributed by atoms with Crippen molar-refractivity contribution >= 4 is 5.97 Å². The molecule has 0 radical (unpaired) electrons. The lowest BCUT2D eigenvalue weighted by atomic mass is 10.2. The van der Waals surface area contributed by atoms with Crippen molar-refractivity contribution in [2.45, 2.75) is 13.5 Å². The second-order valence-corrected chi connectivity index (χ2v) is 3.79. The molecule has 0 fully saturated rings. The van der Waals surface area contributed by atoms with Crippen molar-refractivity contribution in [3.05, 3.63) is 53.1 Å². The highest BCUT2D eigenvalue weighted by atomic mass is 19.2. The molecule has 0 unspecified atom stereocenters. The van der Waals surface area contributed by atoms with Crippen molar-refractivity contribution in [1.29, 1.82) is 0 Å². The molecular weight excluding hydrogens is 242 g/mol. The fourth-order valence-electron chi connectivity index (χ4n) is 1.68. The zero-order valence-electron chi connectivity index (χ0n) is 9.52. The maximum Gasteiger partial charge on any atom is 0.354 e. The highest BCUT2D eigenvalue weighted by Gasteiger charge is 2.15. The zero-order valence-corrected chi connectivity index (χ0v) is 9.52. The second kappa shape index (κ2) is 4.56. The Kier molecular flexibility index (Phi) is 3.10. The summed E-state index contributed by atoms with van der Waals surface area (Å²) < 4.78 is 27.9. The van der Waals surface area contributed by atoms with E-state index >= 15 is 0 Å². The number of aryl methyl sites for hydroxylation is 1. The molecule has 0 aliphatic rings. The van der Waals surface area contributed by atoms with Gasteiger partial charge in [-0.25, -0.2) is 18.6 Å². The lowest BCUT2D eigenvalue weighted by Gasteiger charge is -2.09. The number of aromatic nitrogens is 2. The molecule has 6 heteroatoms. The van der Waals surface area contributed by atoms with E-state index < -0.39 is 17.6 Å². The van der Waals surface area contributed by atoms with Crippen LogP contribution in [0.4, 0.5) is 8.78 Å². The zero-order chi connectivity index (χ0) is 13.3. The van der Waals surface area contributed by atoms with Crippen LogP contribution in [0.1, 0.15) is 21.9 Å². The largest absolute Gasteiger partial charge is 0.477 e. The number of nitrogens with zero attached hydrogens (tertiary/aromatic N) is 2. The van der Waals surface area contributed by atoms with Crippen molar-refractivity contribution in [1.82, 2.24) is 9.55 Å². The van der Waals surface area contributed by atoms with Gasteiger partial charge >= 0.3 is 5.97 Å². The Labute approximate surface area is 102 Å². The molecule has 0 aliphatic carbocycles. The molecule has 2 rings (SSSR count). The summed E-state index contributed by atoms with van der Waals surface area (Å²) in [4.78, 5) is 14.8. The summed E-state index contributed by atoms with van der Waals surface area (Å²) in [5, 5.41) is 8.95. The maximum atomic E-state index is 13.5. The highest BCUT2D eigenvalue weighted by Crippen LogP contribution is 2.15. The highest BCUT2D eigenvalue weighted by molar-refractivity contribution is 5.85. The van der Waals surface area contributed by atoms with Crippen LogP contribution in [0.5, 0.6) is 0 Å². The van der Waals surface area contributed by atoms with Gasteiger partial charge in [0.05, 0.1) is 12.7 Å². The Bertz CT molecular complexity index is 608. The molecule has 94 valence electrons. The minimum absolute atomic E-state index is 0.0591. The van der Waals surface area contributed by atoms with Crippen LogP contribution in [-0.4, -0.2) is 20.6 Å². The average Bonchev–Trinajstić information content (AvgIpc) is 2.67. The van der Waals surface area contributed by atoms with E-state index in [4.69, 9.17) is 5.11 Å². The molecule has 1 aromatic carbocycles. The molecule has 1 N–H and O–H groups in total. The molecule has 1 aromatic heterocycles. The van der Waals surface area contributed by atoms with Gasteiger partial charge in [-0.3, -0.25) is 0 Å². The number of rotatable bonds is 3. The van der Waals surface area contributed by atoms with Crippen molar-refractivity contribution in [3.63, 3.8) is 0 Å². The number of benzene rings is 1. The van der Waals surface area contributed by atoms with Crippen LogP contribution in [0.25, 0.3) is 0 Å². The van der Waals surface area contributed by atoms with E-state index in [0.717, 1.165) is 6.07 Å². The standard InChI is InChI=1S/C12H10F2N2O2/c1-7-15-5-10(12(17)18)16(7)6-8-3-2-4-9(13)11(8)14/h2-5H,6H2,1H3,(H,17,18). The van der Waals surface area contributed by atoms with Crippen molar-refractivity contribution in [3.8, 4) is 0 Å². The van der Waals surface area contributed by atoms with Crippen LogP contribution in [0.2, 0.25) is 0 Å². The lowest BCUT2D eigenvalue weighted by molar-refractivity contribution is 0.0685. The van der Waals surface area contributed by atoms with Crippen molar-refractivity contribution in [2.75, 3.05) is 0 Å². The van der Waals surface area contributed by atoms with Crippen LogP contribution >= 0.6 is 0 Å². The third kappa shape index (κ3) is 2.09. The van der Waals surface area contributed by atoms with Gasteiger partial charge in [0.25, 0.3) is 0 Å². The van der Waals surface area contributed by atoms with Gasteiger partial charge < -0.3 is 9.67 Å². The lowest BCUT2D eigenvalue weighted by Crippen LogP contribution is -2.12. The number of carboxylic acid groups (broad SMARTS) is 1. The van der Waals surface area contributed by atoms with Crippen LogP contribution < -0.4 is 0 Å². The Hall–Kier alpha value is -2.24. The fraction of sp³-hybridized carbons (Fsp3) is 0.167. The third-order valence-corrected chi connectivity index (χ3v) is 2.63. The van der Waals surface area contributed by atoms with E-state index in [2.05, 4.69) is 4.98 Å². The molecule has 0 bridgehead atoms. The first-order valence-electron chi connectivity index (χ1n) is 5.19. The van der Waals surface area contributed by atoms with Crippen LogP contribution in [0.3, 0.4) is 0 Å². The quantitative estimate of drug-likeness (QED) is 0.911. The van der Waals surface area contributed by atoms with E-state index in [-0.39, 0.29) is 17.8 Å². The van der Waals surface area contributed by atoms with Gasteiger partial charge in [0, 0.05) is 5.56 Å². The summed E-state index contributed by atoms with van der Waals surface area (Å²) in [5.74, 6) is -2.66. The minimum Gasteiger partial charge on any atom is -0.477 e. The third-order valence-electron chi connectivity index (χ3n) is 2.63.